The first-order valence-electron chi connectivity index (χ1n) is 6.02. The Morgan fingerprint density at radius 3 is 3.11 bits per heavy atom. The van der Waals surface area contributed by atoms with E-state index in [1.807, 2.05) is 34.2 Å². The minimum atomic E-state index is -0.0381. The number of thiophene rings is 1. The molecule has 1 aromatic carbocycles. The average molecular weight is 271 g/mol. The van der Waals surface area contributed by atoms with E-state index in [1.165, 1.54) is 0 Å². The summed E-state index contributed by atoms with van der Waals surface area (Å²) in [4.78, 5) is 16.6. The summed E-state index contributed by atoms with van der Waals surface area (Å²) in [6.45, 7) is 1.20. The minimum Gasteiger partial charge on any atom is -0.335 e. The van der Waals surface area contributed by atoms with E-state index in [2.05, 4.69) is 4.98 Å². The van der Waals surface area contributed by atoms with Gasteiger partial charge in [-0.15, -0.1) is 11.3 Å². The summed E-state index contributed by atoms with van der Waals surface area (Å²) in [7, 11) is 0. The maximum absolute atomic E-state index is 12.5. The molecule has 0 aliphatic rings. The lowest BCUT2D eigenvalue weighted by molar-refractivity contribution is 0.103. The van der Waals surface area contributed by atoms with Crippen molar-refractivity contribution in [2.45, 2.75) is 6.54 Å². The number of carbonyl (C=O) groups is 1. The zero-order chi connectivity index (χ0) is 13.2. The van der Waals surface area contributed by atoms with Gasteiger partial charge in [-0.2, -0.15) is 0 Å². The lowest BCUT2D eigenvalue weighted by atomic mass is 10.1. The SMILES string of the molecule is NCCn1cnc(C(=O)c2cccc3ccsc23)c1. The molecule has 3 rings (SSSR count). The largest absolute Gasteiger partial charge is 0.335 e. The first-order valence-corrected chi connectivity index (χ1v) is 6.90. The summed E-state index contributed by atoms with van der Waals surface area (Å²) >= 11 is 1.58. The molecule has 0 saturated carbocycles. The first-order chi connectivity index (χ1) is 9.29. The summed E-state index contributed by atoms with van der Waals surface area (Å²) in [5.41, 5.74) is 6.67. The van der Waals surface area contributed by atoms with Crippen LogP contribution in [-0.4, -0.2) is 21.9 Å². The number of rotatable bonds is 4. The van der Waals surface area contributed by atoms with Gasteiger partial charge in [0.15, 0.2) is 0 Å². The molecular weight excluding hydrogens is 258 g/mol. The monoisotopic (exact) mass is 271 g/mol. The molecule has 3 aromatic rings. The highest BCUT2D eigenvalue weighted by atomic mass is 32.1. The van der Waals surface area contributed by atoms with E-state index in [4.69, 9.17) is 5.73 Å². The predicted molar refractivity (Wildman–Crippen MR) is 76.5 cm³/mol. The van der Waals surface area contributed by atoms with Crippen LogP contribution in [0.15, 0.2) is 42.2 Å². The van der Waals surface area contributed by atoms with Crippen molar-refractivity contribution < 1.29 is 4.79 Å². The number of fused-ring (bicyclic) bond motifs is 1. The van der Waals surface area contributed by atoms with Gasteiger partial charge in [0.05, 0.1) is 6.33 Å². The van der Waals surface area contributed by atoms with Crippen molar-refractivity contribution in [2.24, 2.45) is 5.73 Å². The molecule has 5 heteroatoms. The van der Waals surface area contributed by atoms with Gasteiger partial charge in [0.2, 0.25) is 5.78 Å². The molecule has 0 aliphatic carbocycles. The first kappa shape index (κ1) is 12.1. The third-order valence-electron chi connectivity index (χ3n) is 2.98. The normalized spacial score (nSPS) is 11.0. The number of hydrogen-bond donors (Lipinski definition) is 1. The topological polar surface area (TPSA) is 60.9 Å². The van der Waals surface area contributed by atoms with Crippen LogP contribution in [0.3, 0.4) is 0 Å². The molecule has 0 aliphatic heterocycles. The van der Waals surface area contributed by atoms with Crippen molar-refractivity contribution in [3.05, 3.63) is 53.4 Å². The van der Waals surface area contributed by atoms with Gasteiger partial charge in [-0.25, -0.2) is 4.98 Å². The van der Waals surface area contributed by atoms with Crippen molar-refractivity contribution in [3.8, 4) is 0 Å². The maximum Gasteiger partial charge on any atom is 0.214 e. The molecular formula is C14H13N3OS. The Morgan fingerprint density at radius 2 is 2.26 bits per heavy atom. The Hall–Kier alpha value is -1.98. The highest BCUT2D eigenvalue weighted by Gasteiger charge is 2.15. The van der Waals surface area contributed by atoms with Crippen molar-refractivity contribution in [1.29, 1.82) is 0 Å². The van der Waals surface area contributed by atoms with Crippen molar-refractivity contribution in [2.75, 3.05) is 6.54 Å². The Kier molecular flexibility index (Phi) is 3.15. The van der Waals surface area contributed by atoms with Gasteiger partial charge < -0.3 is 10.3 Å². The minimum absolute atomic E-state index is 0.0381. The number of hydrogen-bond acceptors (Lipinski definition) is 4. The number of nitrogens with two attached hydrogens (primary N) is 1. The molecule has 0 bridgehead atoms. The van der Waals surface area contributed by atoms with Crippen LogP contribution in [0, 0.1) is 0 Å². The average Bonchev–Trinajstić information content (AvgIpc) is 3.06. The molecule has 96 valence electrons. The molecule has 0 fully saturated rings. The quantitative estimate of drug-likeness (QED) is 0.741. The van der Waals surface area contributed by atoms with E-state index in [0.717, 1.165) is 10.1 Å². The molecule has 0 unspecified atom stereocenters. The summed E-state index contributed by atoms with van der Waals surface area (Å²) in [6.07, 6.45) is 3.40. The molecule has 2 N–H and O–H groups in total. The van der Waals surface area contributed by atoms with Gasteiger partial charge in [-0.1, -0.05) is 12.1 Å². The maximum atomic E-state index is 12.5. The second-order valence-electron chi connectivity index (χ2n) is 4.26. The molecule has 0 radical (unpaired) electrons. The zero-order valence-electron chi connectivity index (χ0n) is 10.2. The predicted octanol–water partition coefficient (Wildman–Crippen LogP) is 2.29. The van der Waals surface area contributed by atoms with Gasteiger partial charge in [0, 0.05) is 29.5 Å². The van der Waals surface area contributed by atoms with Crippen LogP contribution in [0.2, 0.25) is 0 Å². The van der Waals surface area contributed by atoms with E-state index in [9.17, 15) is 4.79 Å². The Labute approximate surface area is 114 Å². The van der Waals surface area contributed by atoms with E-state index in [-0.39, 0.29) is 5.78 Å². The summed E-state index contributed by atoms with van der Waals surface area (Å²) in [5.74, 6) is -0.0381. The molecule has 2 heterocycles. The Morgan fingerprint density at radius 1 is 1.37 bits per heavy atom. The zero-order valence-corrected chi connectivity index (χ0v) is 11.1. The van der Waals surface area contributed by atoms with Crippen LogP contribution in [-0.2, 0) is 6.54 Å². The fraction of sp³-hybridized carbons (Fsp3) is 0.143. The van der Waals surface area contributed by atoms with E-state index in [0.29, 0.717) is 24.3 Å². The van der Waals surface area contributed by atoms with Crippen LogP contribution >= 0.6 is 11.3 Å². The fourth-order valence-corrected chi connectivity index (χ4v) is 2.97. The van der Waals surface area contributed by atoms with Gasteiger partial charge >= 0.3 is 0 Å². The molecule has 19 heavy (non-hydrogen) atoms. The van der Waals surface area contributed by atoms with Crippen LogP contribution in [0.4, 0.5) is 0 Å². The Balaban J connectivity index is 2.00. The highest BCUT2D eigenvalue weighted by molar-refractivity contribution is 7.17. The molecule has 0 saturated heterocycles. The van der Waals surface area contributed by atoms with Crippen molar-refractivity contribution in [3.63, 3.8) is 0 Å². The molecule has 0 atom stereocenters. The molecule has 4 nitrogen and oxygen atoms in total. The number of aromatic nitrogens is 2. The molecule has 2 aromatic heterocycles. The lowest BCUT2D eigenvalue weighted by Crippen LogP contribution is -2.08. The smallest absolute Gasteiger partial charge is 0.214 e. The van der Waals surface area contributed by atoms with Gasteiger partial charge in [-0.05, 0) is 22.9 Å². The number of carbonyl (C=O) groups excluding carboxylic acids is 1. The number of imidazole rings is 1. The van der Waals surface area contributed by atoms with Gasteiger partial charge in [0.25, 0.3) is 0 Å². The summed E-state index contributed by atoms with van der Waals surface area (Å²) < 4.78 is 2.85. The van der Waals surface area contributed by atoms with E-state index >= 15 is 0 Å². The number of nitrogens with zero attached hydrogens (tertiary/aromatic N) is 2. The van der Waals surface area contributed by atoms with Crippen molar-refractivity contribution in [1.82, 2.24) is 9.55 Å². The number of benzene rings is 1. The van der Waals surface area contributed by atoms with Crippen LogP contribution in [0.1, 0.15) is 16.1 Å². The number of ketones is 1. The molecule has 0 spiro atoms. The standard InChI is InChI=1S/C14H13N3OS/c15-5-6-17-8-12(16-9-17)13(18)11-3-1-2-10-4-7-19-14(10)11/h1-4,7-9H,5-6,15H2. The second kappa shape index (κ2) is 4.95. The van der Waals surface area contributed by atoms with Gasteiger partial charge in [0.1, 0.15) is 5.69 Å². The summed E-state index contributed by atoms with van der Waals surface area (Å²) in [6, 6.07) is 7.78. The van der Waals surface area contributed by atoms with Crippen molar-refractivity contribution >= 4 is 27.2 Å². The van der Waals surface area contributed by atoms with E-state index < -0.39 is 0 Å². The Bertz CT molecular complexity index is 729. The van der Waals surface area contributed by atoms with Crippen LogP contribution in [0.5, 0.6) is 0 Å². The highest BCUT2D eigenvalue weighted by Crippen LogP contribution is 2.26. The van der Waals surface area contributed by atoms with Crippen LogP contribution < -0.4 is 5.73 Å². The lowest BCUT2D eigenvalue weighted by Gasteiger charge is -2.00. The summed E-state index contributed by atoms with van der Waals surface area (Å²) in [5, 5.41) is 3.09. The van der Waals surface area contributed by atoms with Crippen LogP contribution in [0.25, 0.3) is 10.1 Å². The fourth-order valence-electron chi connectivity index (χ4n) is 2.06. The second-order valence-corrected chi connectivity index (χ2v) is 5.18. The molecule has 0 amide bonds. The van der Waals surface area contributed by atoms with Gasteiger partial charge in [-0.3, -0.25) is 4.79 Å². The van der Waals surface area contributed by atoms with E-state index in [1.54, 1.807) is 23.9 Å². The third kappa shape index (κ3) is 2.18. The third-order valence-corrected chi connectivity index (χ3v) is 3.94.